The monoisotopic (exact) mass is 361 g/mol. The van der Waals surface area contributed by atoms with Gasteiger partial charge in [-0.2, -0.15) is 0 Å². The molecule has 1 N–H and O–H groups in total. The lowest BCUT2D eigenvalue weighted by molar-refractivity contribution is 0.0934. The predicted molar refractivity (Wildman–Crippen MR) is 96.0 cm³/mol. The molecule has 0 saturated carbocycles. The summed E-state index contributed by atoms with van der Waals surface area (Å²) < 4.78 is 14.0. The Morgan fingerprint density at radius 1 is 1.32 bits per heavy atom. The van der Waals surface area contributed by atoms with E-state index in [1.165, 1.54) is 24.3 Å². The molecule has 1 aliphatic heterocycles. The lowest BCUT2D eigenvalue weighted by atomic mass is 10.0. The molecule has 0 unspecified atom stereocenters. The number of aryl methyl sites for hydroxylation is 1. The molecule has 1 saturated heterocycles. The van der Waals surface area contributed by atoms with E-state index in [1.807, 2.05) is 11.8 Å². The molecule has 0 radical (unpaired) electrons. The Hall–Kier alpha value is -2.28. The lowest BCUT2D eigenvalue weighted by Crippen LogP contribution is -2.45. The number of aromatic nitrogens is 1. The fraction of sp³-hybridized carbons (Fsp3) is 0.389. The summed E-state index contributed by atoms with van der Waals surface area (Å²) >= 11 is 1.34. The van der Waals surface area contributed by atoms with Crippen LogP contribution in [0.4, 0.5) is 10.1 Å². The van der Waals surface area contributed by atoms with Gasteiger partial charge in [0.1, 0.15) is 10.7 Å². The Bertz CT molecular complexity index is 797. The van der Waals surface area contributed by atoms with Gasteiger partial charge in [0.2, 0.25) is 0 Å². The molecule has 5 nitrogen and oxygen atoms in total. The van der Waals surface area contributed by atoms with Crippen molar-refractivity contribution >= 4 is 28.7 Å². The van der Waals surface area contributed by atoms with E-state index in [0.29, 0.717) is 23.7 Å². The molecule has 0 bridgehead atoms. The number of anilines is 1. The quantitative estimate of drug-likeness (QED) is 0.850. The third-order valence-electron chi connectivity index (χ3n) is 4.47. The van der Waals surface area contributed by atoms with E-state index in [0.717, 1.165) is 18.5 Å². The molecule has 1 aromatic carbocycles. The van der Waals surface area contributed by atoms with Crippen LogP contribution in [0.5, 0.6) is 0 Å². The third kappa shape index (κ3) is 3.71. The van der Waals surface area contributed by atoms with Gasteiger partial charge in [0.05, 0.1) is 22.5 Å². The van der Waals surface area contributed by atoms with Gasteiger partial charge < -0.3 is 10.2 Å². The first-order chi connectivity index (χ1) is 12.0. The number of nitrogens with zero attached hydrogens (tertiary/aromatic N) is 2. The van der Waals surface area contributed by atoms with Gasteiger partial charge in [-0.3, -0.25) is 9.59 Å². The number of ketones is 1. The highest BCUT2D eigenvalue weighted by atomic mass is 32.1. The maximum absolute atomic E-state index is 14.0. The highest BCUT2D eigenvalue weighted by molar-refractivity contribution is 7.11. The van der Waals surface area contributed by atoms with Crippen LogP contribution >= 0.6 is 11.3 Å². The molecule has 0 atom stereocenters. The standard InChI is InChI=1S/C18H20FN3O2S/c1-11-17(25-10-20-11)18(24)21-13-6-8-22(9-7-13)15-5-3-4-14(19)16(15)12(2)23/h3-5,10,13H,6-9H2,1-2H3,(H,21,24). The van der Waals surface area contributed by atoms with Crippen LogP contribution in [0.1, 0.15) is 45.5 Å². The number of nitrogens with one attached hydrogen (secondary N) is 1. The van der Waals surface area contributed by atoms with Crippen molar-refractivity contribution in [3.63, 3.8) is 0 Å². The Labute approximate surface area is 149 Å². The summed E-state index contributed by atoms with van der Waals surface area (Å²) in [6.45, 7) is 4.53. The maximum Gasteiger partial charge on any atom is 0.263 e. The average Bonchev–Trinajstić information content (AvgIpc) is 3.01. The van der Waals surface area contributed by atoms with Crippen molar-refractivity contribution in [2.24, 2.45) is 0 Å². The van der Waals surface area contributed by atoms with Crippen molar-refractivity contribution in [3.05, 3.63) is 45.7 Å². The van der Waals surface area contributed by atoms with Gasteiger partial charge in [0, 0.05) is 19.1 Å². The molecule has 1 aliphatic rings. The summed E-state index contributed by atoms with van der Waals surface area (Å²) in [5.74, 6) is -0.848. The number of piperidine rings is 1. The first-order valence-corrected chi connectivity index (χ1v) is 9.10. The van der Waals surface area contributed by atoms with E-state index in [2.05, 4.69) is 10.3 Å². The largest absolute Gasteiger partial charge is 0.371 e. The summed E-state index contributed by atoms with van der Waals surface area (Å²) in [5, 5.41) is 3.05. The Balaban J connectivity index is 1.65. The van der Waals surface area contributed by atoms with Gasteiger partial charge in [0.25, 0.3) is 5.91 Å². The van der Waals surface area contributed by atoms with Gasteiger partial charge >= 0.3 is 0 Å². The highest BCUT2D eigenvalue weighted by Gasteiger charge is 2.25. The first-order valence-electron chi connectivity index (χ1n) is 8.22. The molecule has 25 heavy (non-hydrogen) atoms. The van der Waals surface area contributed by atoms with Gasteiger partial charge in [-0.05, 0) is 38.8 Å². The molecule has 1 amide bonds. The summed E-state index contributed by atoms with van der Waals surface area (Å²) in [7, 11) is 0. The summed E-state index contributed by atoms with van der Waals surface area (Å²) in [4.78, 5) is 30.8. The number of Topliss-reactive ketones (excluding diaryl/α,β-unsaturated/α-hetero) is 1. The fourth-order valence-corrected chi connectivity index (χ4v) is 3.87. The van der Waals surface area contributed by atoms with Gasteiger partial charge in [-0.15, -0.1) is 11.3 Å². The van der Waals surface area contributed by atoms with Gasteiger partial charge in [-0.1, -0.05) is 6.07 Å². The van der Waals surface area contributed by atoms with Crippen molar-refractivity contribution < 1.29 is 14.0 Å². The van der Waals surface area contributed by atoms with E-state index in [1.54, 1.807) is 17.6 Å². The van der Waals surface area contributed by atoms with Crippen LogP contribution < -0.4 is 10.2 Å². The normalized spacial score (nSPS) is 15.2. The molecule has 0 aliphatic carbocycles. The van der Waals surface area contributed by atoms with E-state index < -0.39 is 5.82 Å². The number of benzene rings is 1. The van der Waals surface area contributed by atoms with E-state index >= 15 is 0 Å². The molecular formula is C18H20FN3O2S. The smallest absolute Gasteiger partial charge is 0.263 e. The SMILES string of the molecule is CC(=O)c1c(F)cccc1N1CCC(NC(=O)c2scnc2C)CC1. The predicted octanol–water partition coefficient (Wildman–Crippen LogP) is 3.19. The fourth-order valence-electron chi connectivity index (χ4n) is 3.16. The molecule has 7 heteroatoms. The molecule has 1 aromatic heterocycles. The topological polar surface area (TPSA) is 62.3 Å². The minimum atomic E-state index is -0.485. The van der Waals surface area contributed by atoms with Crippen molar-refractivity contribution in [2.45, 2.75) is 32.7 Å². The van der Waals surface area contributed by atoms with Crippen molar-refractivity contribution in [3.8, 4) is 0 Å². The highest BCUT2D eigenvalue weighted by Crippen LogP contribution is 2.27. The second-order valence-electron chi connectivity index (χ2n) is 6.19. The van der Waals surface area contributed by atoms with Crippen LogP contribution in [-0.2, 0) is 0 Å². The van der Waals surface area contributed by atoms with Crippen LogP contribution in [0, 0.1) is 12.7 Å². The number of carbonyl (C=O) groups excluding carboxylic acids is 2. The minimum Gasteiger partial charge on any atom is -0.371 e. The Morgan fingerprint density at radius 3 is 2.64 bits per heavy atom. The van der Waals surface area contributed by atoms with Crippen molar-refractivity contribution in [1.82, 2.24) is 10.3 Å². The first kappa shape index (κ1) is 17.5. The molecular weight excluding hydrogens is 341 g/mol. The van der Waals surface area contributed by atoms with E-state index in [4.69, 9.17) is 0 Å². The molecule has 132 valence electrons. The minimum absolute atomic E-state index is 0.0691. The zero-order valence-corrected chi connectivity index (χ0v) is 15.0. The molecule has 3 rings (SSSR count). The Kier molecular flexibility index (Phi) is 5.13. The summed E-state index contributed by atoms with van der Waals surface area (Å²) in [5.41, 5.74) is 3.19. The number of carbonyl (C=O) groups is 2. The van der Waals surface area contributed by atoms with Crippen LogP contribution in [0.15, 0.2) is 23.7 Å². The van der Waals surface area contributed by atoms with Crippen molar-refractivity contribution in [2.75, 3.05) is 18.0 Å². The van der Waals surface area contributed by atoms with Crippen LogP contribution in [0.3, 0.4) is 0 Å². The maximum atomic E-state index is 14.0. The van der Waals surface area contributed by atoms with Gasteiger partial charge in [-0.25, -0.2) is 9.37 Å². The number of hydrogen-bond acceptors (Lipinski definition) is 5. The molecule has 2 aromatic rings. The van der Waals surface area contributed by atoms with Crippen LogP contribution in [0.25, 0.3) is 0 Å². The molecule has 1 fully saturated rings. The van der Waals surface area contributed by atoms with Crippen LogP contribution in [0.2, 0.25) is 0 Å². The van der Waals surface area contributed by atoms with Gasteiger partial charge in [0.15, 0.2) is 5.78 Å². The summed E-state index contributed by atoms with van der Waals surface area (Å²) in [6.07, 6.45) is 1.49. The average molecular weight is 361 g/mol. The third-order valence-corrected chi connectivity index (χ3v) is 5.39. The molecule has 2 heterocycles. The lowest BCUT2D eigenvalue weighted by Gasteiger charge is -2.34. The number of halogens is 1. The van der Waals surface area contributed by atoms with E-state index in [9.17, 15) is 14.0 Å². The second kappa shape index (κ2) is 7.31. The van der Waals surface area contributed by atoms with Crippen LogP contribution in [-0.4, -0.2) is 35.8 Å². The summed E-state index contributed by atoms with van der Waals surface area (Å²) in [6, 6.07) is 4.78. The number of thiazole rings is 1. The number of rotatable bonds is 4. The number of hydrogen-bond donors (Lipinski definition) is 1. The van der Waals surface area contributed by atoms with E-state index in [-0.39, 0.29) is 23.3 Å². The number of amides is 1. The van der Waals surface area contributed by atoms with Crippen molar-refractivity contribution in [1.29, 1.82) is 0 Å². The zero-order valence-electron chi connectivity index (χ0n) is 14.2. The molecule has 0 spiro atoms. The Morgan fingerprint density at radius 2 is 2.04 bits per heavy atom. The second-order valence-corrected chi connectivity index (χ2v) is 7.05. The zero-order chi connectivity index (χ0) is 18.0.